The zero-order valence-corrected chi connectivity index (χ0v) is 29.3. The van der Waals surface area contributed by atoms with Crippen LogP contribution in [0.1, 0.15) is 129 Å². The minimum absolute atomic E-state index is 0.149. The molecule has 0 aliphatic carbocycles. The molecule has 1 rings (SSSR count). The molecule has 0 aromatic carbocycles. The Hall–Kier alpha value is -1.85. The molecule has 1 aliphatic rings. The number of amides is 1. The van der Waals surface area contributed by atoms with E-state index in [1.165, 1.54) is 12.8 Å². The monoisotopic (exact) mass is 665 g/mol. The van der Waals surface area contributed by atoms with Crippen molar-refractivity contribution in [2.24, 2.45) is 0 Å². The minimum atomic E-state index is -1.55. The van der Waals surface area contributed by atoms with Crippen molar-refractivity contribution in [3.8, 4) is 0 Å². The molecule has 0 saturated carbocycles. The number of carbonyl (C=O) groups excluding carboxylic acids is 1. The molecule has 7 unspecified atom stereocenters. The number of unbranched alkanes of at least 4 members (excludes halogenated alkanes) is 10. The summed E-state index contributed by atoms with van der Waals surface area (Å²) in [6.45, 7) is 3.58. The molecule has 1 aliphatic heterocycles. The molecule has 0 spiro atoms. The number of ether oxygens (including phenoxy) is 2. The second-order valence-corrected chi connectivity index (χ2v) is 12.6. The number of carbonyl (C=O) groups is 1. The molecular weight excluding hydrogens is 598 g/mol. The Morgan fingerprint density at radius 3 is 1.96 bits per heavy atom. The van der Waals surface area contributed by atoms with E-state index in [9.17, 15) is 30.3 Å². The first-order valence-electron chi connectivity index (χ1n) is 18.3. The first kappa shape index (κ1) is 43.2. The first-order valence-corrected chi connectivity index (χ1v) is 18.3. The summed E-state index contributed by atoms with van der Waals surface area (Å²) < 4.78 is 11.1. The van der Waals surface area contributed by atoms with Crippen LogP contribution in [0.2, 0.25) is 0 Å². The molecule has 1 saturated heterocycles. The van der Waals surface area contributed by atoms with Gasteiger partial charge >= 0.3 is 0 Å². The molecule has 9 nitrogen and oxygen atoms in total. The maximum absolute atomic E-state index is 12.8. The fourth-order valence-electron chi connectivity index (χ4n) is 5.44. The van der Waals surface area contributed by atoms with E-state index >= 15 is 0 Å². The normalized spacial score (nSPS) is 23.4. The predicted molar refractivity (Wildman–Crippen MR) is 189 cm³/mol. The molecule has 0 bridgehead atoms. The molecule has 0 aromatic heterocycles. The zero-order valence-electron chi connectivity index (χ0n) is 29.3. The van der Waals surface area contributed by atoms with Crippen molar-refractivity contribution in [3.63, 3.8) is 0 Å². The minimum Gasteiger partial charge on any atom is -0.394 e. The van der Waals surface area contributed by atoms with Gasteiger partial charge in [-0.2, -0.15) is 0 Å². The van der Waals surface area contributed by atoms with E-state index in [2.05, 4.69) is 67.8 Å². The molecule has 6 N–H and O–H groups in total. The molecule has 47 heavy (non-hydrogen) atoms. The number of hydrogen-bond acceptors (Lipinski definition) is 8. The van der Waals surface area contributed by atoms with E-state index < -0.39 is 49.5 Å². The van der Waals surface area contributed by atoms with Gasteiger partial charge in [-0.3, -0.25) is 4.79 Å². The van der Waals surface area contributed by atoms with Gasteiger partial charge in [0.15, 0.2) is 6.29 Å². The van der Waals surface area contributed by atoms with Crippen LogP contribution in [0, 0.1) is 0 Å². The summed E-state index contributed by atoms with van der Waals surface area (Å²) in [6.07, 6.45) is 27.3. The lowest BCUT2D eigenvalue weighted by atomic mass is 9.99. The SMILES string of the molecule is CC/C=C\C/C=C\C/C=C\C/C=C\CCCCCCCCC(=O)NC(COC1OC(CO)C(O)C(O)C1O)C(O)CCCCCCC. The van der Waals surface area contributed by atoms with Crippen LogP contribution in [0.4, 0.5) is 0 Å². The highest BCUT2D eigenvalue weighted by Crippen LogP contribution is 2.22. The number of aliphatic hydroxyl groups is 5. The highest BCUT2D eigenvalue weighted by Gasteiger charge is 2.44. The van der Waals surface area contributed by atoms with Gasteiger partial charge in [-0.15, -0.1) is 0 Å². The highest BCUT2D eigenvalue weighted by molar-refractivity contribution is 5.76. The van der Waals surface area contributed by atoms with Crippen LogP contribution in [0.5, 0.6) is 0 Å². The molecule has 0 aromatic rings. The van der Waals surface area contributed by atoms with Crippen molar-refractivity contribution in [3.05, 3.63) is 48.6 Å². The van der Waals surface area contributed by atoms with Crippen LogP contribution >= 0.6 is 0 Å². The first-order chi connectivity index (χ1) is 22.8. The summed E-state index contributed by atoms with van der Waals surface area (Å²) in [7, 11) is 0. The molecule has 1 fully saturated rings. The number of aliphatic hydroxyl groups excluding tert-OH is 5. The maximum atomic E-state index is 12.8. The fourth-order valence-corrected chi connectivity index (χ4v) is 5.44. The van der Waals surface area contributed by atoms with Crippen LogP contribution in [-0.4, -0.2) is 87.5 Å². The van der Waals surface area contributed by atoms with E-state index in [1.807, 2.05) is 0 Å². The van der Waals surface area contributed by atoms with Crippen molar-refractivity contribution < 1.29 is 39.8 Å². The second kappa shape index (κ2) is 29.1. The molecule has 9 heteroatoms. The largest absolute Gasteiger partial charge is 0.394 e. The van der Waals surface area contributed by atoms with Gasteiger partial charge in [-0.05, 0) is 51.4 Å². The van der Waals surface area contributed by atoms with Crippen LogP contribution in [0.25, 0.3) is 0 Å². The maximum Gasteiger partial charge on any atom is 0.220 e. The number of hydrogen-bond donors (Lipinski definition) is 6. The van der Waals surface area contributed by atoms with Crippen LogP contribution in [0.3, 0.4) is 0 Å². The third-order valence-corrected chi connectivity index (χ3v) is 8.45. The lowest BCUT2D eigenvalue weighted by molar-refractivity contribution is -0.302. The Labute approximate surface area is 284 Å². The van der Waals surface area contributed by atoms with Crippen LogP contribution in [0.15, 0.2) is 48.6 Å². The van der Waals surface area contributed by atoms with Crippen molar-refractivity contribution in [1.82, 2.24) is 5.32 Å². The Kier molecular flexibility index (Phi) is 26.7. The summed E-state index contributed by atoms with van der Waals surface area (Å²) in [6, 6.07) is -0.723. The third-order valence-electron chi connectivity index (χ3n) is 8.45. The summed E-state index contributed by atoms with van der Waals surface area (Å²) in [5.41, 5.74) is 0. The van der Waals surface area contributed by atoms with Gasteiger partial charge in [0.1, 0.15) is 24.4 Å². The Bertz CT molecular complexity index is 874. The zero-order chi connectivity index (χ0) is 34.5. The van der Waals surface area contributed by atoms with Crippen molar-refractivity contribution in [2.75, 3.05) is 13.2 Å². The average molecular weight is 666 g/mol. The van der Waals surface area contributed by atoms with Gasteiger partial charge < -0.3 is 40.3 Å². The van der Waals surface area contributed by atoms with Crippen molar-refractivity contribution >= 4 is 5.91 Å². The van der Waals surface area contributed by atoms with Crippen LogP contribution < -0.4 is 5.32 Å². The van der Waals surface area contributed by atoms with Crippen LogP contribution in [-0.2, 0) is 14.3 Å². The second-order valence-electron chi connectivity index (χ2n) is 12.6. The fraction of sp³-hybridized carbons (Fsp3) is 0.763. The van der Waals surface area contributed by atoms with Gasteiger partial charge in [0, 0.05) is 6.42 Å². The van der Waals surface area contributed by atoms with Gasteiger partial charge in [0.05, 0.1) is 25.4 Å². The number of rotatable bonds is 28. The topological polar surface area (TPSA) is 149 Å². The standard InChI is InChI=1S/C38H67NO8/c1-3-5-7-9-10-11-12-13-14-15-16-17-18-19-20-21-22-24-26-28-34(42)39-31(32(41)27-25-23-8-6-4-2)30-46-38-37(45)36(44)35(43)33(29-40)47-38/h5,7,10-11,13-14,16-17,31-33,35-38,40-41,43-45H,3-4,6,8-9,12,15,18-30H2,1-2H3,(H,39,42)/b7-5-,11-10-,14-13-,17-16-. The van der Waals surface area contributed by atoms with E-state index in [0.717, 1.165) is 89.9 Å². The lowest BCUT2D eigenvalue weighted by Gasteiger charge is -2.40. The van der Waals surface area contributed by atoms with Gasteiger partial charge in [0.25, 0.3) is 0 Å². The highest BCUT2D eigenvalue weighted by atomic mass is 16.7. The summed E-state index contributed by atoms with van der Waals surface area (Å²) in [5.74, 6) is -0.170. The molecule has 272 valence electrons. The Morgan fingerprint density at radius 1 is 0.745 bits per heavy atom. The lowest BCUT2D eigenvalue weighted by Crippen LogP contribution is -2.60. The van der Waals surface area contributed by atoms with E-state index in [0.29, 0.717) is 12.8 Å². The quantitative estimate of drug-likeness (QED) is 0.0445. The number of allylic oxidation sites excluding steroid dienone is 8. The molecule has 7 atom stereocenters. The molecule has 1 amide bonds. The van der Waals surface area contributed by atoms with E-state index in [1.54, 1.807) is 0 Å². The molecular formula is C38H67NO8. The van der Waals surface area contributed by atoms with Crippen molar-refractivity contribution in [1.29, 1.82) is 0 Å². The summed E-state index contributed by atoms with van der Waals surface area (Å²) in [4.78, 5) is 12.8. The Balaban J connectivity index is 2.31. The van der Waals surface area contributed by atoms with E-state index in [4.69, 9.17) is 9.47 Å². The Morgan fingerprint density at radius 2 is 1.32 bits per heavy atom. The third kappa shape index (κ3) is 21.0. The molecule has 1 heterocycles. The summed E-state index contributed by atoms with van der Waals surface area (Å²) in [5, 5.41) is 53.6. The molecule has 0 radical (unpaired) electrons. The number of nitrogens with one attached hydrogen (secondary N) is 1. The summed E-state index contributed by atoms with van der Waals surface area (Å²) >= 11 is 0. The predicted octanol–water partition coefficient (Wildman–Crippen LogP) is 5.94. The van der Waals surface area contributed by atoms with Gasteiger partial charge in [0.2, 0.25) is 5.91 Å². The average Bonchev–Trinajstić information content (AvgIpc) is 3.07. The van der Waals surface area contributed by atoms with E-state index in [-0.39, 0.29) is 12.5 Å². The van der Waals surface area contributed by atoms with Gasteiger partial charge in [-0.1, -0.05) is 120 Å². The smallest absolute Gasteiger partial charge is 0.220 e. The van der Waals surface area contributed by atoms with Gasteiger partial charge in [-0.25, -0.2) is 0 Å². The van der Waals surface area contributed by atoms with Crippen molar-refractivity contribution in [2.45, 2.75) is 172 Å².